The van der Waals surface area contributed by atoms with E-state index in [1.54, 1.807) is 0 Å². The molecule has 0 aliphatic carbocycles. The lowest BCUT2D eigenvalue weighted by Gasteiger charge is -2.30. The Bertz CT molecular complexity index is 976. The van der Waals surface area contributed by atoms with Gasteiger partial charge in [0.2, 0.25) is 0 Å². The standard InChI is InChI=1S/C19H22BrN3O5S/c1-22(27-2)29(25,26)16-6-3-14(4-7-16)19(24)21-17-13-15(20)5-8-18(17)23-9-11-28-12-10-23/h3-8,13H,9-12H2,1-2H3,(H,21,24). The smallest absolute Gasteiger partial charge is 0.264 e. The predicted molar refractivity (Wildman–Crippen MR) is 114 cm³/mol. The molecule has 1 N–H and O–H groups in total. The number of hydrogen-bond donors (Lipinski definition) is 1. The molecule has 2 aromatic rings. The van der Waals surface area contributed by atoms with Gasteiger partial charge in [-0.3, -0.25) is 9.63 Å². The van der Waals surface area contributed by atoms with Crippen LogP contribution in [-0.2, 0) is 19.6 Å². The van der Waals surface area contributed by atoms with Crippen LogP contribution in [0.4, 0.5) is 11.4 Å². The first-order valence-corrected chi connectivity index (χ1v) is 11.1. The lowest BCUT2D eigenvalue weighted by atomic mass is 10.2. The van der Waals surface area contributed by atoms with Crippen molar-refractivity contribution in [2.45, 2.75) is 4.90 Å². The van der Waals surface area contributed by atoms with Crippen molar-refractivity contribution in [1.82, 2.24) is 4.47 Å². The summed E-state index contributed by atoms with van der Waals surface area (Å²) >= 11 is 3.44. The summed E-state index contributed by atoms with van der Waals surface area (Å²) in [5, 5.41) is 2.92. The van der Waals surface area contributed by atoms with Crippen molar-refractivity contribution in [3.63, 3.8) is 0 Å². The number of amides is 1. The van der Waals surface area contributed by atoms with Gasteiger partial charge in [-0.05, 0) is 42.5 Å². The monoisotopic (exact) mass is 483 g/mol. The molecule has 1 saturated heterocycles. The molecule has 0 saturated carbocycles. The predicted octanol–water partition coefficient (Wildman–Crippen LogP) is 2.72. The summed E-state index contributed by atoms with van der Waals surface area (Å²) in [5.41, 5.74) is 1.92. The molecule has 1 heterocycles. The average Bonchev–Trinajstić information content (AvgIpc) is 2.74. The fraction of sp³-hybridized carbons (Fsp3) is 0.316. The quantitative estimate of drug-likeness (QED) is 0.635. The van der Waals surface area contributed by atoms with Gasteiger partial charge in [0.15, 0.2) is 0 Å². The zero-order valence-electron chi connectivity index (χ0n) is 16.1. The average molecular weight is 484 g/mol. The summed E-state index contributed by atoms with van der Waals surface area (Å²) in [6, 6.07) is 11.4. The van der Waals surface area contributed by atoms with Gasteiger partial charge in [-0.2, -0.15) is 0 Å². The third kappa shape index (κ3) is 4.96. The Hall–Kier alpha value is -1.98. The number of benzene rings is 2. The molecular weight excluding hydrogens is 462 g/mol. The van der Waals surface area contributed by atoms with Gasteiger partial charge in [-0.15, -0.1) is 0 Å². The number of rotatable bonds is 6. The Morgan fingerprint density at radius 1 is 1.17 bits per heavy atom. The summed E-state index contributed by atoms with van der Waals surface area (Å²) < 4.78 is 31.5. The van der Waals surface area contributed by atoms with Crippen molar-refractivity contribution < 1.29 is 22.8 Å². The fourth-order valence-corrected chi connectivity index (χ4v) is 4.24. The number of hydrogen-bond acceptors (Lipinski definition) is 6. The first kappa shape index (κ1) is 21.7. The number of anilines is 2. The largest absolute Gasteiger partial charge is 0.378 e. The molecule has 0 unspecified atom stereocenters. The first-order chi connectivity index (χ1) is 13.8. The van der Waals surface area contributed by atoms with Gasteiger partial charge in [0.25, 0.3) is 15.9 Å². The molecule has 10 heteroatoms. The van der Waals surface area contributed by atoms with Gasteiger partial charge in [0.05, 0.1) is 36.6 Å². The van der Waals surface area contributed by atoms with Crippen molar-refractivity contribution in [3.8, 4) is 0 Å². The SMILES string of the molecule is CON(C)S(=O)(=O)c1ccc(C(=O)Nc2cc(Br)ccc2N2CCOCC2)cc1. The molecule has 29 heavy (non-hydrogen) atoms. The molecule has 0 radical (unpaired) electrons. The van der Waals surface area contributed by atoms with E-state index in [4.69, 9.17) is 9.57 Å². The van der Waals surface area contributed by atoms with Gasteiger partial charge in [-0.25, -0.2) is 8.42 Å². The van der Waals surface area contributed by atoms with Gasteiger partial charge in [-0.1, -0.05) is 20.4 Å². The third-order valence-corrected chi connectivity index (χ3v) is 6.76. The molecule has 0 bridgehead atoms. The lowest BCUT2D eigenvalue weighted by Crippen LogP contribution is -2.36. The zero-order chi connectivity index (χ0) is 21.0. The van der Waals surface area contributed by atoms with Crippen LogP contribution >= 0.6 is 15.9 Å². The molecule has 1 fully saturated rings. The number of carbonyl (C=O) groups is 1. The van der Waals surface area contributed by atoms with E-state index in [9.17, 15) is 13.2 Å². The second-order valence-corrected chi connectivity index (χ2v) is 9.19. The number of hydroxylamine groups is 1. The van der Waals surface area contributed by atoms with E-state index in [1.165, 1.54) is 38.4 Å². The van der Waals surface area contributed by atoms with E-state index >= 15 is 0 Å². The maximum Gasteiger partial charge on any atom is 0.264 e. The molecular formula is C19H22BrN3O5S. The van der Waals surface area contributed by atoms with Crippen molar-refractivity contribution in [1.29, 1.82) is 0 Å². The van der Waals surface area contributed by atoms with Gasteiger partial charge < -0.3 is 15.0 Å². The summed E-state index contributed by atoms with van der Waals surface area (Å²) in [5.74, 6) is -0.332. The lowest BCUT2D eigenvalue weighted by molar-refractivity contribution is -0.0258. The van der Waals surface area contributed by atoms with Crippen LogP contribution in [0.3, 0.4) is 0 Å². The van der Waals surface area contributed by atoms with Crippen molar-refractivity contribution in [2.75, 3.05) is 50.7 Å². The zero-order valence-corrected chi connectivity index (χ0v) is 18.5. The number of sulfonamides is 1. The van der Waals surface area contributed by atoms with Crippen LogP contribution in [0, 0.1) is 0 Å². The van der Waals surface area contributed by atoms with E-state index < -0.39 is 10.0 Å². The second kappa shape index (κ2) is 9.23. The third-order valence-electron chi connectivity index (χ3n) is 4.57. The highest BCUT2D eigenvalue weighted by Gasteiger charge is 2.21. The van der Waals surface area contributed by atoms with Gasteiger partial charge in [0, 0.05) is 30.2 Å². The van der Waals surface area contributed by atoms with Crippen LogP contribution < -0.4 is 10.2 Å². The van der Waals surface area contributed by atoms with Crippen molar-refractivity contribution >= 4 is 43.2 Å². The highest BCUT2D eigenvalue weighted by Crippen LogP contribution is 2.30. The molecule has 156 valence electrons. The summed E-state index contributed by atoms with van der Waals surface area (Å²) in [7, 11) is -1.19. The molecule has 1 aliphatic heterocycles. The Morgan fingerprint density at radius 3 is 2.45 bits per heavy atom. The highest BCUT2D eigenvalue weighted by atomic mass is 79.9. The van der Waals surface area contributed by atoms with Crippen LogP contribution in [0.2, 0.25) is 0 Å². The van der Waals surface area contributed by atoms with Gasteiger partial charge in [0.1, 0.15) is 0 Å². The van der Waals surface area contributed by atoms with Crippen LogP contribution in [0.1, 0.15) is 10.4 Å². The molecule has 0 atom stereocenters. The molecule has 1 amide bonds. The molecule has 3 rings (SSSR count). The molecule has 2 aromatic carbocycles. The number of nitrogens with zero attached hydrogens (tertiary/aromatic N) is 2. The van der Waals surface area contributed by atoms with Gasteiger partial charge >= 0.3 is 0 Å². The maximum atomic E-state index is 12.8. The second-order valence-electron chi connectivity index (χ2n) is 6.34. The van der Waals surface area contributed by atoms with E-state index in [-0.39, 0.29) is 10.8 Å². The van der Waals surface area contributed by atoms with E-state index in [0.717, 1.165) is 27.7 Å². The minimum absolute atomic E-state index is 0.0369. The molecule has 0 spiro atoms. The topological polar surface area (TPSA) is 88.2 Å². The van der Waals surface area contributed by atoms with E-state index in [1.807, 2.05) is 18.2 Å². The molecule has 8 nitrogen and oxygen atoms in total. The highest BCUT2D eigenvalue weighted by molar-refractivity contribution is 9.10. The van der Waals surface area contributed by atoms with Crippen LogP contribution in [0.15, 0.2) is 51.8 Å². The van der Waals surface area contributed by atoms with Crippen molar-refractivity contribution in [3.05, 3.63) is 52.5 Å². The van der Waals surface area contributed by atoms with Crippen LogP contribution in [0.5, 0.6) is 0 Å². The number of ether oxygens (including phenoxy) is 1. The molecule has 0 aromatic heterocycles. The summed E-state index contributed by atoms with van der Waals surface area (Å²) in [4.78, 5) is 19.7. The summed E-state index contributed by atoms with van der Waals surface area (Å²) in [6.07, 6.45) is 0. The van der Waals surface area contributed by atoms with E-state index in [2.05, 4.69) is 26.1 Å². The Kier molecular flexibility index (Phi) is 6.91. The maximum absolute atomic E-state index is 12.8. The summed E-state index contributed by atoms with van der Waals surface area (Å²) in [6.45, 7) is 2.75. The Labute approximate surface area is 178 Å². The Balaban J connectivity index is 1.81. The minimum atomic E-state index is -3.76. The number of morpholine rings is 1. The Morgan fingerprint density at radius 2 is 1.83 bits per heavy atom. The minimum Gasteiger partial charge on any atom is -0.378 e. The normalized spacial score (nSPS) is 14.8. The van der Waals surface area contributed by atoms with Crippen molar-refractivity contribution in [2.24, 2.45) is 0 Å². The van der Waals surface area contributed by atoms with Crippen LogP contribution in [-0.4, -0.2) is 59.3 Å². The molecule has 1 aliphatic rings. The first-order valence-electron chi connectivity index (χ1n) is 8.89. The number of halogens is 1. The van der Waals surface area contributed by atoms with E-state index in [0.29, 0.717) is 24.5 Å². The number of carbonyl (C=O) groups excluding carboxylic acids is 1. The fourth-order valence-electron chi connectivity index (χ4n) is 2.91. The number of nitrogens with one attached hydrogen (secondary N) is 1. The van der Waals surface area contributed by atoms with Crippen LogP contribution in [0.25, 0.3) is 0 Å².